The number of rotatable bonds is 2. The van der Waals surface area contributed by atoms with Crippen LogP contribution in [0.5, 0.6) is 0 Å². The standard InChI is InChI=1S/C15H12ClF3/c1-8-3-4-11(9(2)5-8)15(16)14-12(18)6-10(17)7-13(14)19/h3-7,15H,1-2H3. The normalized spacial score (nSPS) is 12.5. The molecule has 0 radical (unpaired) electrons. The van der Waals surface area contributed by atoms with Crippen molar-refractivity contribution in [3.05, 3.63) is 70.0 Å². The van der Waals surface area contributed by atoms with Gasteiger partial charge in [0.05, 0.1) is 5.38 Å². The lowest BCUT2D eigenvalue weighted by Gasteiger charge is -2.15. The Morgan fingerprint density at radius 3 is 2.05 bits per heavy atom. The van der Waals surface area contributed by atoms with E-state index in [0.717, 1.165) is 11.1 Å². The van der Waals surface area contributed by atoms with Crippen molar-refractivity contribution in [2.45, 2.75) is 19.2 Å². The molecule has 0 spiro atoms. The van der Waals surface area contributed by atoms with Crippen molar-refractivity contribution in [1.82, 2.24) is 0 Å². The Morgan fingerprint density at radius 1 is 0.947 bits per heavy atom. The Morgan fingerprint density at radius 2 is 1.53 bits per heavy atom. The highest BCUT2D eigenvalue weighted by atomic mass is 35.5. The van der Waals surface area contributed by atoms with E-state index in [1.54, 1.807) is 6.07 Å². The van der Waals surface area contributed by atoms with Gasteiger partial charge in [-0.05, 0) is 25.0 Å². The second-order valence-electron chi connectivity index (χ2n) is 4.51. The molecule has 1 unspecified atom stereocenters. The maximum atomic E-state index is 13.7. The Hall–Kier alpha value is -1.48. The lowest BCUT2D eigenvalue weighted by Crippen LogP contribution is -2.04. The number of alkyl halides is 1. The smallest absolute Gasteiger partial charge is 0.134 e. The molecule has 19 heavy (non-hydrogen) atoms. The van der Waals surface area contributed by atoms with Gasteiger partial charge in [0.15, 0.2) is 0 Å². The van der Waals surface area contributed by atoms with Crippen LogP contribution in [0.15, 0.2) is 30.3 Å². The molecule has 0 bridgehead atoms. The van der Waals surface area contributed by atoms with E-state index >= 15 is 0 Å². The molecule has 2 aromatic carbocycles. The molecule has 0 N–H and O–H groups in total. The minimum Gasteiger partial charge on any atom is -0.207 e. The molecular weight excluding hydrogens is 273 g/mol. The molecule has 1 atom stereocenters. The fraction of sp³-hybridized carbons (Fsp3) is 0.200. The molecule has 100 valence electrons. The summed E-state index contributed by atoms with van der Waals surface area (Å²) in [5, 5.41) is -0.985. The van der Waals surface area contributed by atoms with Crippen molar-refractivity contribution in [1.29, 1.82) is 0 Å². The molecule has 0 amide bonds. The van der Waals surface area contributed by atoms with E-state index in [9.17, 15) is 13.2 Å². The summed E-state index contributed by atoms with van der Waals surface area (Å²) in [6.07, 6.45) is 0. The van der Waals surface area contributed by atoms with E-state index in [2.05, 4.69) is 0 Å². The maximum absolute atomic E-state index is 13.7. The Labute approximate surface area is 114 Å². The van der Waals surface area contributed by atoms with Crippen LogP contribution in [0, 0.1) is 31.3 Å². The van der Waals surface area contributed by atoms with Gasteiger partial charge in [-0.1, -0.05) is 23.8 Å². The SMILES string of the molecule is Cc1ccc(C(Cl)c2c(F)cc(F)cc2F)c(C)c1. The second kappa shape index (κ2) is 5.25. The van der Waals surface area contributed by atoms with Crippen LogP contribution in [-0.2, 0) is 0 Å². The van der Waals surface area contributed by atoms with Crippen LogP contribution < -0.4 is 0 Å². The van der Waals surface area contributed by atoms with Crippen molar-refractivity contribution < 1.29 is 13.2 Å². The van der Waals surface area contributed by atoms with Gasteiger partial charge in [-0.2, -0.15) is 0 Å². The highest BCUT2D eigenvalue weighted by Gasteiger charge is 2.22. The van der Waals surface area contributed by atoms with Crippen molar-refractivity contribution >= 4 is 11.6 Å². The fourth-order valence-electron chi connectivity index (χ4n) is 2.06. The quantitative estimate of drug-likeness (QED) is 0.677. The Bertz CT molecular complexity index is 600. The predicted molar refractivity (Wildman–Crippen MR) is 69.9 cm³/mol. The van der Waals surface area contributed by atoms with Crippen LogP contribution in [0.25, 0.3) is 0 Å². The molecule has 0 nitrogen and oxygen atoms in total. The van der Waals surface area contributed by atoms with E-state index in [1.807, 2.05) is 26.0 Å². The first-order valence-corrected chi connectivity index (χ1v) is 6.19. The average molecular weight is 285 g/mol. The summed E-state index contributed by atoms with van der Waals surface area (Å²) in [7, 11) is 0. The predicted octanol–water partition coefficient (Wildman–Crippen LogP) is 5.05. The lowest BCUT2D eigenvalue weighted by atomic mass is 9.97. The van der Waals surface area contributed by atoms with Crippen molar-refractivity contribution in [3.8, 4) is 0 Å². The second-order valence-corrected chi connectivity index (χ2v) is 4.94. The van der Waals surface area contributed by atoms with Crippen molar-refractivity contribution in [2.24, 2.45) is 0 Å². The van der Waals surface area contributed by atoms with E-state index in [0.29, 0.717) is 17.7 Å². The molecule has 2 aromatic rings. The summed E-state index contributed by atoms with van der Waals surface area (Å²) >= 11 is 6.15. The molecule has 0 aromatic heterocycles. The largest absolute Gasteiger partial charge is 0.207 e. The van der Waals surface area contributed by atoms with E-state index in [-0.39, 0.29) is 5.56 Å². The van der Waals surface area contributed by atoms with Crippen molar-refractivity contribution in [2.75, 3.05) is 0 Å². The molecule has 0 fully saturated rings. The Kier molecular flexibility index (Phi) is 3.85. The number of halogens is 4. The maximum Gasteiger partial charge on any atom is 0.134 e. The van der Waals surface area contributed by atoms with Gasteiger partial charge in [-0.15, -0.1) is 11.6 Å². The molecule has 0 aliphatic heterocycles. The lowest BCUT2D eigenvalue weighted by molar-refractivity contribution is 0.526. The summed E-state index contributed by atoms with van der Waals surface area (Å²) in [5.74, 6) is -2.90. The van der Waals surface area contributed by atoms with E-state index < -0.39 is 22.8 Å². The first-order chi connectivity index (χ1) is 8.90. The minimum absolute atomic E-state index is 0.324. The summed E-state index contributed by atoms with van der Waals surface area (Å²) in [6, 6.07) is 6.69. The summed E-state index contributed by atoms with van der Waals surface area (Å²) in [4.78, 5) is 0. The van der Waals surface area contributed by atoms with Crippen molar-refractivity contribution in [3.63, 3.8) is 0 Å². The van der Waals surface area contributed by atoms with Crippen LogP contribution in [0.4, 0.5) is 13.2 Å². The molecule has 0 aliphatic carbocycles. The molecular formula is C15H12ClF3. The van der Waals surface area contributed by atoms with Crippen LogP contribution in [0.1, 0.15) is 27.6 Å². The van der Waals surface area contributed by atoms with Gasteiger partial charge in [-0.25, -0.2) is 13.2 Å². The highest BCUT2D eigenvalue weighted by molar-refractivity contribution is 6.22. The average Bonchev–Trinajstić information content (AvgIpc) is 2.26. The summed E-state index contributed by atoms with van der Waals surface area (Å²) in [5.41, 5.74) is 2.15. The molecule has 0 aliphatic rings. The van der Waals surface area contributed by atoms with Crippen LogP contribution in [-0.4, -0.2) is 0 Å². The van der Waals surface area contributed by atoms with E-state index in [1.165, 1.54) is 0 Å². The fourth-order valence-corrected chi connectivity index (χ4v) is 2.51. The summed E-state index contributed by atoms with van der Waals surface area (Å²) in [6.45, 7) is 3.73. The Balaban J connectivity index is 2.53. The first-order valence-electron chi connectivity index (χ1n) is 5.76. The molecule has 2 rings (SSSR count). The molecule has 0 heterocycles. The third-order valence-corrected chi connectivity index (χ3v) is 3.45. The molecule has 4 heteroatoms. The number of hydrogen-bond donors (Lipinski definition) is 0. The number of aryl methyl sites for hydroxylation is 2. The van der Waals surface area contributed by atoms with Crippen LogP contribution >= 0.6 is 11.6 Å². The topological polar surface area (TPSA) is 0 Å². The van der Waals surface area contributed by atoms with Crippen LogP contribution in [0.2, 0.25) is 0 Å². The zero-order chi connectivity index (χ0) is 14.2. The van der Waals surface area contributed by atoms with E-state index in [4.69, 9.17) is 11.6 Å². The monoisotopic (exact) mass is 284 g/mol. The van der Waals surface area contributed by atoms with Crippen LogP contribution in [0.3, 0.4) is 0 Å². The third kappa shape index (κ3) is 2.76. The first kappa shape index (κ1) is 13.9. The number of benzene rings is 2. The number of hydrogen-bond acceptors (Lipinski definition) is 0. The highest BCUT2D eigenvalue weighted by Crippen LogP contribution is 2.34. The van der Waals surface area contributed by atoms with Gasteiger partial charge in [0.1, 0.15) is 17.5 Å². The van der Waals surface area contributed by atoms with Gasteiger partial charge in [0, 0.05) is 17.7 Å². The van der Waals surface area contributed by atoms with Gasteiger partial charge < -0.3 is 0 Å². The zero-order valence-corrected chi connectivity index (χ0v) is 11.2. The zero-order valence-electron chi connectivity index (χ0n) is 10.5. The molecule has 0 saturated carbocycles. The third-order valence-electron chi connectivity index (χ3n) is 3.00. The molecule has 0 saturated heterocycles. The van der Waals surface area contributed by atoms with Gasteiger partial charge in [0.25, 0.3) is 0 Å². The van der Waals surface area contributed by atoms with Gasteiger partial charge in [0.2, 0.25) is 0 Å². The van der Waals surface area contributed by atoms with Gasteiger partial charge >= 0.3 is 0 Å². The summed E-state index contributed by atoms with van der Waals surface area (Å²) < 4.78 is 40.3. The minimum atomic E-state index is -0.985. The van der Waals surface area contributed by atoms with Gasteiger partial charge in [-0.3, -0.25) is 0 Å².